The second kappa shape index (κ2) is 11.0. The summed E-state index contributed by atoms with van der Waals surface area (Å²) in [6.45, 7) is 0. The average molecular weight is 563 g/mol. The minimum Gasteiger partial charge on any atom is -0.446 e. The van der Waals surface area contributed by atoms with Gasteiger partial charge in [0.05, 0.1) is 22.4 Å². The van der Waals surface area contributed by atoms with Gasteiger partial charge in [0.1, 0.15) is 0 Å². The van der Waals surface area contributed by atoms with Crippen LogP contribution in [-0.2, 0) is 20.5 Å². The molecule has 210 valence electrons. The number of ether oxygens (including phenoxy) is 1. The lowest BCUT2D eigenvalue weighted by Gasteiger charge is -2.34. The number of amides is 3. The van der Waals surface area contributed by atoms with Gasteiger partial charge in [-0.15, -0.1) is 0 Å². The van der Waals surface area contributed by atoms with Crippen LogP contribution in [0.3, 0.4) is 0 Å². The average Bonchev–Trinajstić information content (AvgIpc) is 3.22. The number of fused-ring (bicyclic) bond motifs is 1. The monoisotopic (exact) mass is 562 g/mol. The molecule has 1 fully saturated rings. The fraction of sp³-hybridized carbons (Fsp3) is 0.226. The van der Waals surface area contributed by atoms with Crippen LogP contribution in [0.4, 0.5) is 24.5 Å². The Balaban J connectivity index is 1.26. The standard InChI is InChI=1S/C31H25F3N2O5/c32-31(33,34)21-11-8-20(9-12-21)10-17-26(37)41-30(18-4-1-5-19-30)29(40)35-22-13-15-23(16-14-22)36-27(38)24-6-2-3-7-25(24)28(36)39/h2-3,6-17H,1,4-5,18-19H2,(H,35,40)/b17-10+. The van der Waals surface area contributed by atoms with Gasteiger partial charge in [0.25, 0.3) is 17.7 Å². The van der Waals surface area contributed by atoms with Gasteiger partial charge in [0.15, 0.2) is 5.60 Å². The zero-order valence-electron chi connectivity index (χ0n) is 21.7. The molecule has 5 rings (SSSR count). The second-order valence-corrected chi connectivity index (χ2v) is 9.92. The third kappa shape index (κ3) is 5.77. The van der Waals surface area contributed by atoms with Crippen molar-refractivity contribution in [1.82, 2.24) is 0 Å². The summed E-state index contributed by atoms with van der Waals surface area (Å²) < 4.78 is 44.0. The third-order valence-electron chi connectivity index (χ3n) is 7.20. The van der Waals surface area contributed by atoms with E-state index in [0.29, 0.717) is 53.7 Å². The van der Waals surface area contributed by atoms with Crippen LogP contribution in [0.1, 0.15) is 63.9 Å². The highest BCUT2D eigenvalue weighted by molar-refractivity contribution is 6.34. The lowest BCUT2D eigenvalue weighted by molar-refractivity contribution is -0.165. The number of hydrogen-bond donors (Lipinski definition) is 1. The first-order valence-corrected chi connectivity index (χ1v) is 13.1. The van der Waals surface area contributed by atoms with Crippen LogP contribution in [0.15, 0.2) is 78.9 Å². The van der Waals surface area contributed by atoms with Crippen molar-refractivity contribution in [2.24, 2.45) is 0 Å². The van der Waals surface area contributed by atoms with Crippen LogP contribution in [0.25, 0.3) is 6.08 Å². The molecule has 0 radical (unpaired) electrons. The molecule has 1 saturated carbocycles. The van der Waals surface area contributed by atoms with Crippen molar-refractivity contribution in [3.63, 3.8) is 0 Å². The molecule has 10 heteroatoms. The molecule has 1 aliphatic carbocycles. The maximum Gasteiger partial charge on any atom is 0.416 e. The van der Waals surface area contributed by atoms with Crippen LogP contribution in [-0.4, -0.2) is 29.3 Å². The van der Waals surface area contributed by atoms with Gasteiger partial charge >= 0.3 is 12.1 Å². The van der Waals surface area contributed by atoms with Crippen molar-refractivity contribution in [1.29, 1.82) is 0 Å². The summed E-state index contributed by atoms with van der Waals surface area (Å²) in [5.41, 5.74) is -0.465. The molecule has 3 aromatic rings. The second-order valence-electron chi connectivity index (χ2n) is 9.92. The Bertz CT molecular complexity index is 1490. The van der Waals surface area contributed by atoms with E-state index >= 15 is 0 Å². The minimum absolute atomic E-state index is 0.311. The Hall–Kier alpha value is -4.73. The smallest absolute Gasteiger partial charge is 0.416 e. The van der Waals surface area contributed by atoms with E-state index < -0.39 is 41.0 Å². The van der Waals surface area contributed by atoms with Crippen molar-refractivity contribution < 1.29 is 37.1 Å². The van der Waals surface area contributed by atoms with Crippen molar-refractivity contribution in [2.45, 2.75) is 43.9 Å². The topological polar surface area (TPSA) is 92.8 Å². The van der Waals surface area contributed by atoms with E-state index in [0.717, 1.165) is 29.5 Å². The molecule has 41 heavy (non-hydrogen) atoms. The van der Waals surface area contributed by atoms with Gasteiger partial charge in [-0.2, -0.15) is 13.2 Å². The third-order valence-corrected chi connectivity index (χ3v) is 7.20. The molecule has 0 atom stereocenters. The van der Waals surface area contributed by atoms with Gasteiger partial charge in [0.2, 0.25) is 0 Å². The number of imide groups is 1. The molecule has 1 N–H and O–H groups in total. The van der Waals surface area contributed by atoms with Gasteiger partial charge in [-0.05, 0) is 85.9 Å². The van der Waals surface area contributed by atoms with E-state index in [-0.39, 0.29) is 0 Å². The predicted molar refractivity (Wildman–Crippen MR) is 145 cm³/mol. The number of nitrogens with zero attached hydrogens (tertiary/aromatic N) is 1. The first kappa shape index (κ1) is 27.8. The molecule has 0 aromatic heterocycles. The number of nitrogens with one attached hydrogen (secondary N) is 1. The molecule has 0 spiro atoms. The summed E-state index contributed by atoms with van der Waals surface area (Å²) >= 11 is 0. The zero-order chi connectivity index (χ0) is 29.2. The molecular weight excluding hydrogens is 537 g/mol. The lowest BCUT2D eigenvalue weighted by atomic mass is 9.83. The van der Waals surface area contributed by atoms with E-state index in [1.165, 1.54) is 18.2 Å². The fourth-order valence-corrected chi connectivity index (χ4v) is 5.03. The summed E-state index contributed by atoms with van der Waals surface area (Å²) in [6.07, 6.45) is 0.791. The van der Waals surface area contributed by atoms with Crippen LogP contribution in [0.2, 0.25) is 0 Å². The van der Waals surface area contributed by atoms with Crippen molar-refractivity contribution in [2.75, 3.05) is 10.2 Å². The normalized spacial score (nSPS) is 16.5. The van der Waals surface area contributed by atoms with Crippen LogP contribution in [0, 0.1) is 0 Å². The van der Waals surface area contributed by atoms with Crippen molar-refractivity contribution in [3.05, 3.63) is 101 Å². The van der Waals surface area contributed by atoms with E-state index in [4.69, 9.17) is 4.74 Å². The molecular formula is C31H25F3N2O5. The molecule has 0 bridgehead atoms. The molecule has 3 aromatic carbocycles. The Morgan fingerprint density at radius 3 is 1.98 bits per heavy atom. The molecule has 1 heterocycles. The summed E-state index contributed by atoms with van der Waals surface area (Å²) in [5.74, 6) is -2.16. The lowest BCUT2D eigenvalue weighted by Crippen LogP contribution is -2.48. The van der Waals surface area contributed by atoms with Gasteiger partial charge in [-0.25, -0.2) is 9.69 Å². The maximum atomic E-state index is 13.4. The number of anilines is 2. The summed E-state index contributed by atoms with van der Waals surface area (Å²) in [7, 11) is 0. The first-order chi connectivity index (χ1) is 19.6. The highest BCUT2D eigenvalue weighted by Gasteiger charge is 2.43. The van der Waals surface area contributed by atoms with Gasteiger partial charge < -0.3 is 10.1 Å². The maximum absolute atomic E-state index is 13.4. The predicted octanol–water partition coefficient (Wildman–Crippen LogP) is 6.40. The molecule has 2 aliphatic rings. The van der Waals surface area contributed by atoms with Crippen molar-refractivity contribution >= 4 is 41.1 Å². The van der Waals surface area contributed by atoms with Gasteiger partial charge in [-0.1, -0.05) is 30.7 Å². The van der Waals surface area contributed by atoms with E-state index in [2.05, 4.69) is 5.32 Å². The van der Waals surface area contributed by atoms with E-state index in [1.54, 1.807) is 48.5 Å². The molecule has 3 amide bonds. The van der Waals surface area contributed by atoms with E-state index in [1.807, 2.05) is 0 Å². The number of benzene rings is 3. The highest BCUT2D eigenvalue weighted by Crippen LogP contribution is 2.34. The van der Waals surface area contributed by atoms with Crippen molar-refractivity contribution in [3.8, 4) is 0 Å². The Kier molecular flexibility index (Phi) is 7.49. The SMILES string of the molecule is O=C(/C=C/c1ccc(C(F)(F)F)cc1)OC1(C(=O)Nc2ccc(N3C(=O)c4ccccc4C3=O)cc2)CCCCC1. The Morgan fingerprint density at radius 2 is 1.41 bits per heavy atom. The largest absolute Gasteiger partial charge is 0.446 e. The number of rotatable bonds is 6. The van der Waals surface area contributed by atoms with Crippen LogP contribution < -0.4 is 10.2 Å². The number of carbonyl (C=O) groups excluding carboxylic acids is 4. The summed E-state index contributed by atoms with van der Waals surface area (Å²) in [4.78, 5) is 52.7. The quantitative estimate of drug-likeness (QED) is 0.213. The minimum atomic E-state index is -4.46. The number of alkyl halides is 3. The van der Waals surface area contributed by atoms with E-state index in [9.17, 15) is 32.3 Å². The Labute approximate surface area is 233 Å². The summed E-state index contributed by atoms with van der Waals surface area (Å²) in [5, 5.41) is 2.77. The highest BCUT2D eigenvalue weighted by atomic mass is 19.4. The number of halogens is 3. The van der Waals surface area contributed by atoms with Crippen LogP contribution in [0.5, 0.6) is 0 Å². The molecule has 1 aliphatic heterocycles. The number of carbonyl (C=O) groups is 4. The van der Waals surface area contributed by atoms with Gasteiger partial charge in [-0.3, -0.25) is 14.4 Å². The van der Waals surface area contributed by atoms with Gasteiger partial charge in [0, 0.05) is 11.8 Å². The number of esters is 1. The first-order valence-electron chi connectivity index (χ1n) is 13.1. The summed E-state index contributed by atoms with van der Waals surface area (Å²) in [6, 6.07) is 17.1. The number of hydrogen-bond acceptors (Lipinski definition) is 5. The Morgan fingerprint density at radius 1 is 0.829 bits per heavy atom. The molecule has 0 unspecified atom stereocenters. The molecule has 7 nitrogen and oxygen atoms in total. The fourth-order valence-electron chi connectivity index (χ4n) is 5.03. The molecule has 0 saturated heterocycles. The van der Waals surface area contributed by atoms with Crippen LogP contribution >= 0.6 is 0 Å². The zero-order valence-corrected chi connectivity index (χ0v) is 21.7.